The Kier molecular flexibility index (Phi) is 3.60. The fourth-order valence-electron chi connectivity index (χ4n) is 2.15. The molecule has 98 valence electrons. The van der Waals surface area contributed by atoms with E-state index in [9.17, 15) is 13.2 Å². The van der Waals surface area contributed by atoms with Gasteiger partial charge in [-0.3, -0.25) is 4.79 Å². The molecule has 0 spiro atoms. The van der Waals surface area contributed by atoms with Crippen LogP contribution in [0.1, 0.15) is 23.8 Å². The van der Waals surface area contributed by atoms with Crippen molar-refractivity contribution in [3.8, 4) is 0 Å². The molecular formula is C11H15N3O3S. The lowest BCUT2D eigenvalue weighted by atomic mass is 10.2. The number of amides is 1. The Morgan fingerprint density at radius 2 is 2.33 bits per heavy atom. The number of hydrogen-bond acceptors (Lipinski definition) is 5. The number of nitrogens with zero attached hydrogens (tertiary/aromatic N) is 3. The Labute approximate surface area is 106 Å². The summed E-state index contributed by atoms with van der Waals surface area (Å²) in [5.74, 6) is -0.0231. The van der Waals surface area contributed by atoms with Gasteiger partial charge in [0.25, 0.3) is 5.91 Å². The fraction of sp³-hybridized carbons (Fsp3) is 0.545. The van der Waals surface area contributed by atoms with E-state index in [0.717, 1.165) is 0 Å². The molecule has 6 nitrogen and oxygen atoms in total. The summed E-state index contributed by atoms with van der Waals surface area (Å²) < 4.78 is 22.9. The highest BCUT2D eigenvalue weighted by molar-refractivity contribution is 7.91. The normalized spacial score (nSPS) is 21.7. The maximum atomic E-state index is 12.2. The third-order valence-electron chi connectivity index (χ3n) is 3.05. The van der Waals surface area contributed by atoms with Gasteiger partial charge in [0.15, 0.2) is 9.84 Å². The van der Waals surface area contributed by atoms with Crippen molar-refractivity contribution in [2.75, 3.05) is 18.1 Å². The Bertz CT molecular complexity index is 530. The summed E-state index contributed by atoms with van der Waals surface area (Å²) in [6, 6.07) is 1.30. The molecule has 0 radical (unpaired) electrons. The van der Waals surface area contributed by atoms with Crippen LogP contribution in [0.2, 0.25) is 0 Å². The van der Waals surface area contributed by atoms with Crippen LogP contribution in [-0.4, -0.2) is 53.3 Å². The molecule has 0 saturated carbocycles. The van der Waals surface area contributed by atoms with Gasteiger partial charge in [0, 0.05) is 18.8 Å². The van der Waals surface area contributed by atoms with Crippen LogP contribution in [0, 0.1) is 0 Å². The van der Waals surface area contributed by atoms with Crippen molar-refractivity contribution in [3.63, 3.8) is 0 Å². The summed E-state index contributed by atoms with van der Waals surface area (Å²) in [4.78, 5) is 21.5. The van der Waals surface area contributed by atoms with Crippen molar-refractivity contribution in [2.45, 2.75) is 19.4 Å². The molecule has 1 atom stereocenters. The Morgan fingerprint density at radius 1 is 1.56 bits per heavy atom. The van der Waals surface area contributed by atoms with Gasteiger partial charge in [0.2, 0.25) is 0 Å². The number of carbonyl (C=O) groups excluding carboxylic acids is 1. The first-order chi connectivity index (χ1) is 8.53. The van der Waals surface area contributed by atoms with Gasteiger partial charge in [-0.1, -0.05) is 0 Å². The van der Waals surface area contributed by atoms with Crippen molar-refractivity contribution in [3.05, 3.63) is 24.3 Å². The quantitative estimate of drug-likeness (QED) is 0.779. The van der Waals surface area contributed by atoms with Crippen LogP contribution in [0.3, 0.4) is 0 Å². The molecule has 18 heavy (non-hydrogen) atoms. The summed E-state index contributed by atoms with van der Waals surface area (Å²) in [5.41, 5.74) is 0.302. The van der Waals surface area contributed by atoms with Crippen LogP contribution in [-0.2, 0) is 9.84 Å². The first kappa shape index (κ1) is 12.9. The molecular weight excluding hydrogens is 254 g/mol. The van der Waals surface area contributed by atoms with Gasteiger partial charge in [-0.2, -0.15) is 0 Å². The average Bonchev–Trinajstić information content (AvgIpc) is 2.71. The average molecular weight is 269 g/mol. The first-order valence-corrected chi connectivity index (χ1v) is 7.63. The molecule has 1 fully saturated rings. The number of sulfone groups is 1. The zero-order valence-corrected chi connectivity index (χ0v) is 10.9. The van der Waals surface area contributed by atoms with Crippen LogP contribution in [0.4, 0.5) is 0 Å². The third kappa shape index (κ3) is 2.66. The minimum absolute atomic E-state index is 0.0532. The molecule has 2 rings (SSSR count). The zero-order chi connectivity index (χ0) is 13.2. The summed E-state index contributed by atoms with van der Waals surface area (Å²) >= 11 is 0. The molecule has 0 aromatic carbocycles. The maximum Gasteiger partial charge on any atom is 0.272 e. The standard InChI is InChI=1S/C11H15N3O3S/c1-2-14(9-4-6-18(16,17)7-9)11(15)10-3-5-12-8-13-10/h3,5,8-9H,2,4,6-7H2,1H3. The van der Waals surface area contributed by atoms with E-state index in [1.165, 1.54) is 18.6 Å². The van der Waals surface area contributed by atoms with Crippen LogP contribution < -0.4 is 0 Å². The van der Waals surface area contributed by atoms with Gasteiger partial charge in [-0.25, -0.2) is 18.4 Å². The van der Waals surface area contributed by atoms with Gasteiger partial charge in [0.05, 0.1) is 11.5 Å². The topological polar surface area (TPSA) is 80.2 Å². The lowest BCUT2D eigenvalue weighted by molar-refractivity contribution is 0.0702. The van der Waals surface area contributed by atoms with E-state index in [1.54, 1.807) is 4.90 Å². The number of rotatable bonds is 3. The van der Waals surface area contributed by atoms with Gasteiger partial charge in [0.1, 0.15) is 12.0 Å². The minimum Gasteiger partial charge on any atom is -0.334 e. The smallest absolute Gasteiger partial charge is 0.272 e. The van der Waals surface area contributed by atoms with Crippen molar-refractivity contribution in [1.82, 2.24) is 14.9 Å². The van der Waals surface area contributed by atoms with E-state index < -0.39 is 9.84 Å². The fourth-order valence-corrected chi connectivity index (χ4v) is 3.88. The van der Waals surface area contributed by atoms with Crippen molar-refractivity contribution in [2.24, 2.45) is 0 Å². The van der Waals surface area contributed by atoms with E-state index in [2.05, 4.69) is 9.97 Å². The number of hydrogen-bond donors (Lipinski definition) is 0. The molecule has 2 heterocycles. The predicted molar refractivity (Wildman–Crippen MR) is 65.8 cm³/mol. The third-order valence-corrected chi connectivity index (χ3v) is 4.80. The molecule has 1 aliphatic heterocycles. The molecule has 7 heteroatoms. The van der Waals surface area contributed by atoms with Gasteiger partial charge < -0.3 is 4.90 Å². The molecule has 1 aromatic rings. The molecule has 1 unspecified atom stereocenters. The van der Waals surface area contributed by atoms with Crippen LogP contribution in [0.25, 0.3) is 0 Å². The van der Waals surface area contributed by atoms with Crippen molar-refractivity contribution < 1.29 is 13.2 Å². The molecule has 1 saturated heterocycles. The zero-order valence-electron chi connectivity index (χ0n) is 10.1. The second-order valence-corrected chi connectivity index (χ2v) is 6.47. The molecule has 1 amide bonds. The van der Waals surface area contributed by atoms with Crippen molar-refractivity contribution in [1.29, 1.82) is 0 Å². The second kappa shape index (κ2) is 5.01. The minimum atomic E-state index is -2.99. The van der Waals surface area contributed by atoms with Gasteiger partial charge >= 0.3 is 0 Å². The Hall–Kier alpha value is -1.50. The second-order valence-electron chi connectivity index (χ2n) is 4.24. The van der Waals surface area contributed by atoms with Crippen LogP contribution in [0.5, 0.6) is 0 Å². The monoisotopic (exact) mass is 269 g/mol. The highest BCUT2D eigenvalue weighted by Crippen LogP contribution is 2.19. The lowest BCUT2D eigenvalue weighted by Gasteiger charge is -2.26. The highest BCUT2D eigenvalue weighted by atomic mass is 32.2. The molecule has 0 N–H and O–H groups in total. The predicted octanol–water partition coefficient (Wildman–Crippen LogP) is 0.126. The van der Waals surface area contributed by atoms with Gasteiger partial charge in [-0.15, -0.1) is 0 Å². The Balaban J connectivity index is 2.17. The van der Waals surface area contributed by atoms with E-state index in [0.29, 0.717) is 18.7 Å². The largest absolute Gasteiger partial charge is 0.334 e. The summed E-state index contributed by atoms with van der Waals surface area (Å²) in [6.45, 7) is 2.31. The molecule has 0 bridgehead atoms. The highest BCUT2D eigenvalue weighted by Gasteiger charge is 2.34. The van der Waals surface area contributed by atoms with E-state index in [4.69, 9.17) is 0 Å². The molecule has 0 aliphatic carbocycles. The SMILES string of the molecule is CCN(C(=O)c1ccncn1)C1CCS(=O)(=O)C1. The number of carbonyl (C=O) groups is 1. The van der Waals surface area contributed by atoms with E-state index in [-0.39, 0.29) is 23.5 Å². The summed E-state index contributed by atoms with van der Waals surface area (Å²) in [5, 5.41) is 0. The lowest BCUT2D eigenvalue weighted by Crippen LogP contribution is -2.41. The van der Waals surface area contributed by atoms with Gasteiger partial charge in [-0.05, 0) is 19.4 Å². The summed E-state index contributed by atoms with van der Waals surface area (Å²) in [6.07, 6.45) is 3.32. The molecule has 1 aliphatic rings. The first-order valence-electron chi connectivity index (χ1n) is 5.81. The van der Waals surface area contributed by atoms with E-state index >= 15 is 0 Å². The molecule has 1 aromatic heterocycles. The number of aromatic nitrogens is 2. The van der Waals surface area contributed by atoms with Crippen LogP contribution in [0.15, 0.2) is 18.6 Å². The summed E-state index contributed by atoms with van der Waals surface area (Å²) in [7, 11) is -2.99. The van der Waals surface area contributed by atoms with E-state index in [1.807, 2.05) is 6.92 Å². The van der Waals surface area contributed by atoms with Crippen LogP contribution >= 0.6 is 0 Å². The maximum absolute atomic E-state index is 12.2. The Morgan fingerprint density at radius 3 is 2.83 bits per heavy atom. The van der Waals surface area contributed by atoms with Crippen molar-refractivity contribution >= 4 is 15.7 Å².